The van der Waals surface area contributed by atoms with E-state index < -0.39 is 0 Å². The molecule has 21 heavy (non-hydrogen) atoms. The third-order valence-electron chi connectivity index (χ3n) is 3.44. The van der Waals surface area contributed by atoms with E-state index in [-0.39, 0.29) is 18.6 Å². The van der Waals surface area contributed by atoms with Gasteiger partial charge in [0, 0.05) is 38.1 Å². The Morgan fingerprint density at radius 1 is 1.29 bits per heavy atom. The Morgan fingerprint density at radius 2 is 1.90 bits per heavy atom. The van der Waals surface area contributed by atoms with Crippen molar-refractivity contribution >= 4 is 11.6 Å². The molecule has 1 atom stereocenters. The number of hydrogen-bond donors (Lipinski definition) is 2. The Bertz CT molecular complexity index is 410. The summed E-state index contributed by atoms with van der Waals surface area (Å²) in [5.74, 6) is -0.142. The van der Waals surface area contributed by atoms with E-state index in [9.17, 15) is 4.79 Å². The highest BCUT2D eigenvalue weighted by molar-refractivity contribution is 5.94. The van der Waals surface area contributed by atoms with Crippen LogP contribution in [0.1, 0.15) is 30.6 Å². The van der Waals surface area contributed by atoms with E-state index in [1.165, 1.54) is 0 Å². The van der Waals surface area contributed by atoms with Crippen LogP contribution in [0.3, 0.4) is 0 Å². The molecule has 0 aliphatic carbocycles. The molecule has 0 aromatic heterocycles. The largest absolute Gasteiger partial charge is 0.396 e. The normalized spacial score (nSPS) is 12.0. The summed E-state index contributed by atoms with van der Waals surface area (Å²) in [7, 11) is 1.58. The van der Waals surface area contributed by atoms with Gasteiger partial charge in [0.1, 0.15) is 0 Å². The Balaban J connectivity index is 2.69. The van der Waals surface area contributed by atoms with Gasteiger partial charge < -0.3 is 20.1 Å². The summed E-state index contributed by atoms with van der Waals surface area (Å²) >= 11 is 0. The van der Waals surface area contributed by atoms with Crippen LogP contribution in [0, 0.1) is 0 Å². The summed E-state index contributed by atoms with van der Waals surface area (Å²) in [6.07, 6.45) is 0.483. The molecule has 0 fully saturated rings. The number of aliphatic hydroxyl groups excluding tert-OH is 1. The molecule has 0 heterocycles. The van der Waals surface area contributed by atoms with Gasteiger partial charge in [-0.05, 0) is 44.5 Å². The lowest BCUT2D eigenvalue weighted by Gasteiger charge is -2.21. The molecule has 0 radical (unpaired) electrons. The number of nitrogens with one attached hydrogen (secondary N) is 1. The van der Waals surface area contributed by atoms with Crippen molar-refractivity contribution in [3.63, 3.8) is 0 Å². The molecule has 0 saturated heterocycles. The second-order valence-corrected chi connectivity index (χ2v) is 4.86. The van der Waals surface area contributed by atoms with Gasteiger partial charge >= 0.3 is 0 Å². The lowest BCUT2D eigenvalue weighted by Crippen LogP contribution is -2.38. The average Bonchev–Trinajstić information content (AvgIpc) is 2.49. The highest BCUT2D eigenvalue weighted by atomic mass is 16.5. The maximum atomic E-state index is 12.2. The molecule has 0 aliphatic heterocycles. The molecule has 0 saturated carbocycles. The fourth-order valence-electron chi connectivity index (χ4n) is 2.24. The first-order chi connectivity index (χ1) is 10.2. The summed E-state index contributed by atoms with van der Waals surface area (Å²) in [6.45, 7) is 6.50. The molecule has 0 bridgehead atoms. The van der Waals surface area contributed by atoms with Crippen molar-refractivity contribution in [3.05, 3.63) is 29.8 Å². The lowest BCUT2D eigenvalue weighted by molar-refractivity contribution is 0.0878. The van der Waals surface area contributed by atoms with Crippen molar-refractivity contribution in [2.45, 2.75) is 26.3 Å². The maximum absolute atomic E-state index is 12.2. The highest BCUT2D eigenvalue weighted by Crippen LogP contribution is 2.15. The molecule has 1 amide bonds. The summed E-state index contributed by atoms with van der Waals surface area (Å²) in [6, 6.07) is 7.39. The van der Waals surface area contributed by atoms with Gasteiger partial charge in [0.25, 0.3) is 5.91 Å². The van der Waals surface area contributed by atoms with Gasteiger partial charge in [-0.2, -0.15) is 0 Å². The van der Waals surface area contributed by atoms with Gasteiger partial charge in [-0.25, -0.2) is 0 Å². The van der Waals surface area contributed by atoms with Crippen molar-refractivity contribution in [1.29, 1.82) is 0 Å². The third-order valence-corrected chi connectivity index (χ3v) is 3.44. The fourth-order valence-corrected chi connectivity index (χ4v) is 2.24. The topological polar surface area (TPSA) is 61.8 Å². The van der Waals surface area contributed by atoms with Crippen LogP contribution in [-0.4, -0.2) is 50.5 Å². The molecule has 1 aromatic rings. The van der Waals surface area contributed by atoms with Gasteiger partial charge in [0.15, 0.2) is 0 Å². The van der Waals surface area contributed by atoms with Crippen LogP contribution < -0.4 is 10.2 Å². The van der Waals surface area contributed by atoms with Crippen molar-refractivity contribution < 1.29 is 14.6 Å². The number of methoxy groups -OCH3 is 1. The molecule has 2 N–H and O–H groups in total. The number of benzene rings is 1. The standard InChI is InChI=1S/C16H26N2O3/c1-4-18(5-2)15-8-6-13(7-9-15)16(20)17-14(10-11-19)12-21-3/h6-9,14,19H,4-5,10-12H2,1-3H3,(H,17,20). The zero-order chi connectivity index (χ0) is 15.7. The van der Waals surface area contributed by atoms with Crippen LogP contribution in [0.2, 0.25) is 0 Å². The van der Waals surface area contributed by atoms with E-state index in [1.54, 1.807) is 7.11 Å². The van der Waals surface area contributed by atoms with Crippen molar-refractivity contribution in [1.82, 2.24) is 5.32 Å². The monoisotopic (exact) mass is 294 g/mol. The zero-order valence-electron chi connectivity index (χ0n) is 13.1. The summed E-state index contributed by atoms with van der Waals surface area (Å²) < 4.78 is 5.04. The average molecular weight is 294 g/mol. The number of ether oxygens (including phenoxy) is 1. The number of rotatable bonds is 9. The van der Waals surface area contributed by atoms with Crippen molar-refractivity contribution in [3.8, 4) is 0 Å². The van der Waals surface area contributed by atoms with E-state index in [0.29, 0.717) is 18.6 Å². The SMILES string of the molecule is CCN(CC)c1ccc(C(=O)NC(CCO)COC)cc1. The number of amides is 1. The minimum absolute atomic E-state index is 0.0230. The number of aliphatic hydroxyl groups is 1. The molecule has 1 unspecified atom stereocenters. The van der Waals surface area contributed by atoms with Crippen LogP contribution in [0.5, 0.6) is 0 Å². The Morgan fingerprint density at radius 3 is 2.38 bits per heavy atom. The van der Waals surface area contributed by atoms with Crippen LogP contribution in [-0.2, 0) is 4.74 Å². The Kier molecular flexibility index (Phi) is 7.79. The van der Waals surface area contributed by atoms with Gasteiger partial charge in [0.05, 0.1) is 12.6 Å². The Hall–Kier alpha value is -1.59. The number of anilines is 1. The number of carbonyl (C=O) groups is 1. The smallest absolute Gasteiger partial charge is 0.251 e. The van der Waals surface area contributed by atoms with Gasteiger partial charge in [-0.1, -0.05) is 0 Å². The molecular formula is C16H26N2O3. The molecule has 118 valence electrons. The highest BCUT2D eigenvalue weighted by Gasteiger charge is 2.13. The first-order valence-electron chi connectivity index (χ1n) is 7.41. The van der Waals surface area contributed by atoms with Crippen molar-refractivity contribution in [2.75, 3.05) is 38.3 Å². The molecule has 1 rings (SSSR count). The molecule has 0 aliphatic rings. The third kappa shape index (κ3) is 5.36. The molecular weight excluding hydrogens is 268 g/mol. The minimum Gasteiger partial charge on any atom is -0.396 e. The van der Waals surface area contributed by atoms with E-state index in [0.717, 1.165) is 18.8 Å². The van der Waals surface area contributed by atoms with Gasteiger partial charge in [0.2, 0.25) is 0 Å². The summed E-state index contributed by atoms with van der Waals surface area (Å²) in [5.41, 5.74) is 1.73. The van der Waals surface area contributed by atoms with Gasteiger partial charge in [-0.3, -0.25) is 4.79 Å². The molecule has 0 spiro atoms. The Labute approximate surface area is 126 Å². The van der Waals surface area contributed by atoms with Crippen LogP contribution in [0.25, 0.3) is 0 Å². The van der Waals surface area contributed by atoms with Crippen LogP contribution in [0.15, 0.2) is 24.3 Å². The quantitative estimate of drug-likeness (QED) is 0.727. The van der Waals surface area contributed by atoms with E-state index in [1.807, 2.05) is 24.3 Å². The predicted molar refractivity (Wildman–Crippen MR) is 84.8 cm³/mol. The zero-order valence-corrected chi connectivity index (χ0v) is 13.1. The minimum atomic E-state index is -0.171. The summed E-state index contributed by atoms with van der Waals surface area (Å²) in [4.78, 5) is 14.4. The lowest BCUT2D eigenvalue weighted by atomic mass is 10.1. The predicted octanol–water partition coefficient (Wildman–Crippen LogP) is 1.66. The second kappa shape index (κ2) is 9.37. The van der Waals surface area contributed by atoms with E-state index >= 15 is 0 Å². The van der Waals surface area contributed by atoms with E-state index in [2.05, 4.69) is 24.1 Å². The fraction of sp³-hybridized carbons (Fsp3) is 0.562. The van der Waals surface area contributed by atoms with Crippen molar-refractivity contribution in [2.24, 2.45) is 0 Å². The first-order valence-corrected chi connectivity index (χ1v) is 7.41. The van der Waals surface area contributed by atoms with Crippen LogP contribution >= 0.6 is 0 Å². The molecule has 5 heteroatoms. The number of carbonyl (C=O) groups excluding carboxylic acids is 1. The van der Waals surface area contributed by atoms with Gasteiger partial charge in [-0.15, -0.1) is 0 Å². The second-order valence-electron chi connectivity index (χ2n) is 4.86. The summed E-state index contributed by atoms with van der Waals surface area (Å²) in [5, 5.41) is 11.9. The number of hydrogen-bond acceptors (Lipinski definition) is 4. The van der Waals surface area contributed by atoms with E-state index in [4.69, 9.17) is 9.84 Å². The first kappa shape index (κ1) is 17.5. The molecule has 1 aromatic carbocycles. The number of nitrogens with zero attached hydrogens (tertiary/aromatic N) is 1. The maximum Gasteiger partial charge on any atom is 0.251 e. The molecule has 5 nitrogen and oxygen atoms in total. The van der Waals surface area contributed by atoms with Crippen LogP contribution in [0.4, 0.5) is 5.69 Å².